The zero-order valence-electron chi connectivity index (χ0n) is 9.94. The van der Waals surface area contributed by atoms with Gasteiger partial charge in [-0.2, -0.15) is 11.8 Å². The Morgan fingerprint density at radius 1 is 1.29 bits per heavy atom. The van der Waals surface area contributed by atoms with Crippen LogP contribution >= 0.6 is 11.8 Å². The predicted octanol–water partition coefficient (Wildman–Crippen LogP) is -0.106. The van der Waals surface area contributed by atoms with Crippen molar-refractivity contribution in [1.82, 2.24) is 14.5 Å². The van der Waals surface area contributed by atoms with Crippen LogP contribution in [-0.2, 0) is 6.54 Å². The van der Waals surface area contributed by atoms with Gasteiger partial charge < -0.3 is 4.98 Å². The van der Waals surface area contributed by atoms with Crippen LogP contribution in [0.4, 0.5) is 0 Å². The molecule has 1 N–H and O–H groups in total. The van der Waals surface area contributed by atoms with Crippen LogP contribution in [0.2, 0.25) is 0 Å². The van der Waals surface area contributed by atoms with Gasteiger partial charge in [0, 0.05) is 49.4 Å². The SMILES string of the molecule is Cc1cc(=O)n(CCN2CCSCC2)c(=O)[nH]1. The summed E-state index contributed by atoms with van der Waals surface area (Å²) in [6.45, 7) is 5.05. The van der Waals surface area contributed by atoms with E-state index in [4.69, 9.17) is 0 Å². The maximum Gasteiger partial charge on any atom is 0.328 e. The number of aromatic amines is 1. The van der Waals surface area contributed by atoms with Crippen LogP contribution in [0.3, 0.4) is 0 Å². The molecule has 0 saturated carbocycles. The zero-order valence-corrected chi connectivity index (χ0v) is 10.8. The molecule has 5 nitrogen and oxygen atoms in total. The Morgan fingerprint density at radius 2 is 2.00 bits per heavy atom. The first-order chi connectivity index (χ1) is 8.16. The number of hydrogen-bond acceptors (Lipinski definition) is 4. The first-order valence-corrected chi connectivity index (χ1v) is 6.93. The summed E-state index contributed by atoms with van der Waals surface area (Å²) in [5.74, 6) is 2.28. The zero-order chi connectivity index (χ0) is 12.3. The lowest BCUT2D eigenvalue weighted by molar-refractivity contribution is 0.286. The van der Waals surface area contributed by atoms with Crippen molar-refractivity contribution in [3.05, 3.63) is 32.6 Å². The van der Waals surface area contributed by atoms with Gasteiger partial charge in [0.05, 0.1) is 0 Å². The molecule has 0 bridgehead atoms. The molecule has 94 valence electrons. The summed E-state index contributed by atoms with van der Waals surface area (Å²) < 4.78 is 1.27. The van der Waals surface area contributed by atoms with Crippen LogP contribution < -0.4 is 11.2 Å². The van der Waals surface area contributed by atoms with Crippen LogP contribution in [0.1, 0.15) is 5.69 Å². The smallest absolute Gasteiger partial charge is 0.311 e. The fourth-order valence-electron chi connectivity index (χ4n) is 1.91. The molecule has 0 amide bonds. The molecule has 1 aliphatic rings. The third kappa shape index (κ3) is 3.23. The van der Waals surface area contributed by atoms with E-state index in [1.54, 1.807) is 6.92 Å². The predicted molar refractivity (Wildman–Crippen MR) is 69.8 cm³/mol. The van der Waals surface area contributed by atoms with Gasteiger partial charge in [-0.25, -0.2) is 4.79 Å². The highest BCUT2D eigenvalue weighted by Gasteiger charge is 2.11. The molecule has 2 rings (SSSR count). The molecule has 1 aromatic rings. The Morgan fingerprint density at radius 3 is 2.65 bits per heavy atom. The second-order valence-corrected chi connectivity index (χ2v) is 5.43. The van der Waals surface area contributed by atoms with E-state index in [-0.39, 0.29) is 11.2 Å². The van der Waals surface area contributed by atoms with Crippen LogP contribution in [0.15, 0.2) is 15.7 Å². The van der Waals surface area contributed by atoms with E-state index >= 15 is 0 Å². The lowest BCUT2D eigenvalue weighted by Gasteiger charge is -2.25. The lowest BCUT2D eigenvalue weighted by Crippen LogP contribution is -2.41. The molecular formula is C11H17N3O2S. The number of rotatable bonds is 3. The van der Waals surface area contributed by atoms with E-state index in [2.05, 4.69) is 9.88 Å². The third-order valence-electron chi connectivity index (χ3n) is 2.90. The van der Waals surface area contributed by atoms with Gasteiger partial charge in [0.2, 0.25) is 0 Å². The van der Waals surface area contributed by atoms with Gasteiger partial charge in [0.15, 0.2) is 0 Å². The third-order valence-corrected chi connectivity index (χ3v) is 3.84. The van der Waals surface area contributed by atoms with Crippen molar-refractivity contribution in [2.75, 3.05) is 31.1 Å². The Hall–Kier alpha value is -1.01. The highest BCUT2D eigenvalue weighted by molar-refractivity contribution is 7.99. The van der Waals surface area contributed by atoms with Gasteiger partial charge in [-0.3, -0.25) is 14.3 Å². The minimum absolute atomic E-state index is 0.211. The molecule has 0 spiro atoms. The summed E-state index contributed by atoms with van der Waals surface area (Å²) in [5.41, 5.74) is 0.102. The largest absolute Gasteiger partial charge is 0.328 e. The summed E-state index contributed by atoms with van der Waals surface area (Å²) in [6.07, 6.45) is 0. The molecule has 1 fully saturated rings. The number of aromatic nitrogens is 2. The molecule has 6 heteroatoms. The highest BCUT2D eigenvalue weighted by Crippen LogP contribution is 2.08. The van der Waals surface area contributed by atoms with E-state index in [1.165, 1.54) is 10.6 Å². The highest BCUT2D eigenvalue weighted by atomic mass is 32.2. The Kier molecular flexibility index (Phi) is 4.06. The first-order valence-electron chi connectivity index (χ1n) is 5.78. The first kappa shape index (κ1) is 12.4. The van der Waals surface area contributed by atoms with Crippen molar-refractivity contribution in [3.63, 3.8) is 0 Å². The monoisotopic (exact) mass is 255 g/mol. The normalized spacial score (nSPS) is 17.2. The van der Waals surface area contributed by atoms with Gasteiger partial charge in [-0.05, 0) is 6.92 Å². The van der Waals surface area contributed by atoms with Crippen LogP contribution in [-0.4, -0.2) is 45.6 Å². The van der Waals surface area contributed by atoms with Crippen molar-refractivity contribution >= 4 is 11.8 Å². The van der Waals surface area contributed by atoms with E-state index in [9.17, 15) is 9.59 Å². The minimum Gasteiger partial charge on any atom is -0.311 e. The molecule has 0 aromatic carbocycles. The Labute approximate surface area is 104 Å². The molecule has 1 aliphatic heterocycles. The fourth-order valence-corrected chi connectivity index (χ4v) is 2.89. The van der Waals surface area contributed by atoms with Crippen molar-refractivity contribution in [1.29, 1.82) is 0 Å². The summed E-state index contributed by atoms with van der Waals surface area (Å²) in [6, 6.07) is 1.47. The van der Waals surface area contributed by atoms with Crippen LogP contribution in [0, 0.1) is 6.92 Å². The van der Waals surface area contributed by atoms with Crippen molar-refractivity contribution in [2.24, 2.45) is 0 Å². The van der Waals surface area contributed by atoms with Crippen molar-refractivity contribution in [2.45, 2.75) is 13.5 Å². The second kappa shape index (κ2) is 5.55. The number of hydrogen-bond donors (Lipinski definition) is 1. The maximum absolute atomic E-state index is 11.7. The van der Waals surface area contributed by atoms with Gasteiger partial charge in [-0.1, -0.05) is 0 Å². The number of nitrogens with zero attached hydrogens (tertiary/aromatic N) is 2. The molecule has 1 aromatic heterocycles. The lowest BCUT2D eigenvalue weighted by atomic mass is 10.4. The maximum atomic E-state index is 11.7. The molecule has 0 radical (unpaired) electrons. The molecular weight excluding hydrogens is 238 g/mol. The van der Waals surface area contributed by atoms with Gasteiger partial charge in [-0.15, -0.1) is 0 Å². The topological polar surface area (TPSA) is 58.1 Å². The van der Waals surface area contributed by atoms with E-state index in [0.717, 1.165) is 31.1 Å². The number of aryl methyl sites for hydroxylation is 1. The van der Waals surface area contributed by atoms with Gasteiger partial charge in [0.25, 0.3) is 5.56 Å². The molecule has 17 heavy (non-hydrogen) atoms. The molecule has 0 atom stereocenters. The quantitative estimate of drug-likeness (QED) is 0.819. The number of H-pyrrole nitrogens is 1. The van der Waals surface area contributed by atoms with Crippen molar-refractivity contribution < 1.29 is 0 Å². The minimum atomic E-state index is -0.304. The van der Waals surface area contributed by atoms with Crippen molar-refractivity contribution in [3.8, 4) is 0 Å². The van der Waals surface area contributed by atoms with Crippen LogP contribution in [0.5, 0.6) is 0 Å². The standard InChI is InChI=1S/C11H17N3O2S/c1-9-8-10(15)14(11(16)12-9)3-2-13-4-6-17-7-5-13/h8H,2-7H2,1H3,(H,12,16). The summed E-state index contributed by atoms with van der Waals surface area (Å²) >= 11 is 1.95. The Bertz CT molecular complexity index is 457. The Balaban J connectivity index is 2.03. The fraction of sp³-hybridized carbons (Fsp3) is 0.636. The average Bonchev–Trinajstić information content (AvgIpc) is 2.29. The second-order valence-electron chi connectivity index (χ2n) is 4.20. The average molecular weight is 255 g/mol. The van der Waals surface area contributed by atoms with Gasteiger partial charge >= 0.3 is 5.69 Å². The van der Waals surface area contributed by atoms with E-state index in [0.29, 0.717) is 12.2 Å². The van der Waals surface area contributed by atoms with Crippen LogP contribution in [0.25, 0.3) is 0 Å². The molecule has 2 heterocycles. The molecule has 0 aliphatic carbocycles. The number of nitrogens with one attached hydrogen (secondary N) is 1. The van der Waals surface area contributed by atoms with E-state index in [1.807, 2.05) is 11.8 Å². The summed E-state index contributed by atoms with van der Waals surface area (Å²) in [4.78, 5) is 28.2. The number of thioether (sulfide) groups is 1. The molecule has 0 unspecified atom stereocenters. The summed E-state index contributed by atoms with van der Waals surface area (Å²) in [7, 11) is 0. The molecule has 1 saturated heterocycles. The van der Waals surface area contributed by atoms with E-state index < -0.39 is 0 Å². The summed E-state index contributed by atoms with van der Waals surface area (Å²) in [5, 5.41) is 0. The van der Waals surface area contributed by atoms with Gasteiger partial charge in [0.1, 0.15) is 0 Å².